The predicted octanol–water partition coefficient (Wildman–Crippen LogP) is 3.47. The second-order valence-electron chi connectivity index (χ2n) is 10.8. The topological polar surface area (TPSA) is 122 Å². The van der Waals surface area contributed by atoms with Gasteiger partial charge in [0, 0.05) is 36.9 Å². The van der Waals surface area contributed by atoms with Crippen LogP contribution in [-0.4, -0.2) is 51.8 Å². The van der Waals surface area contributed by atoms with Gasteiger partial charge in [-0.1, -0.05) is 19.3 Å². The third kappa shape index (κ3) is 5.31. The minimum Gasteiger partial charge on any atom is -0.384 e. The first-order chi connectivity index (χ1) is 17.8. The van der Waals surface area contributed by atoms with Gasteiger partial charge in [-0.2, -0.15) is 0 Å². The molecule has 196 valence electrons. The van der Waals surface area contributed by atoms with Gasteiger partial charge in [-0.25, -0.2) is 9.78 Å². The summed E-state index contributed by atoms with van der Waals surface area (Å²) < 4.78 is 0. The number of hydrogen-bond donors (Lipinski definition) is 2. The normalized spacial score (nSPS) is 22.8. The van der Waals surface area contributed by atoms with Crippen LogP contribution >= 0.6 is 0 Å². The standard InChI is InChI=1S/C28H36N6O3/c1-17-14-21(11-13-30-17)33(2)27(36)25-22(15-18-10-12-31-23(29)16-18)26(35)34(25)28(37)32-24(20-8-9-20)19-6-4-3-5-7-19/h10-14,16,19-20,22,24-25H,3-9,15H2,1-2H3,(H2,29,31)(H,32,37)/t22-,24+,25+/m1/s1. The summed E-state index contributed by atoms with van der Waals surface area (Å²) in [6.45, 7) is 1.86. The maximum absolute atomic E-state index is 13.8. The lowest BCUT2D eigenvalue weighted by atomic mass is 9.80. The lowest BCUT2D eigenvalue weighted by Gasteiger charge is -2.46. The predicted molar refractivity (Wildman–Crippen MR) is 140 cm³/mol. The van der Waals surface area contributed by atoms with E-state index < -0.39 is 18.0 Å². The van der Waals surface area contributed by atoms with E-state index in [1.807, 2.05) is 13.0 Å². The summed E-state index contributed by atoms with van der Waals surface area (Å²) in [7, 11) is 1.67. The zero-order valence-corrected chi connectivity index (χ0v) is 21.6. The number of nitrogen functional groups attached to an aromatic ring is 1. The molecule has 0 bridgehead atoms. The van der Waals surface area contributed by atoms with Crippen molar-refractivity contribution >= 4 is 29.4 Å². The number of amides is 4. The Bertz CT molecular complexity index is 1180. The van der Waals surface area contributed by atoms with E-state index >= 15 is 0 Å². The largest absolute Gasteiger partial charge is 0.384 e. The van der Waals surface area contributed by atoms with E-state index in [-0.39, 0.29) is 17.9 Å². The average molecular weight is 505 g/mol. The minimum absolute atomic E-state index is 0.0657. The Morgan fingerprint density at radius 3 is 2.46 bits per heavy atom. The number of nitrogens with one attached hydrogen (secondary N) is 1. The maximum Gasteiger partial charge on any atom is 0.325 e. The van der Waals surface area contributed by atoms with Crippen LogP contribution in [0.3, 0.4) is 0 Å². The van der Waals surface area contributed by atoms with Gasteiger partial charge in [0.1, 0.15) is 11.9 Å². The number of nitrogens with zero attached hydrogens (tertiary/aromatic N) is 4. The highest BCUT2D eigenvalue weighted by Gasteiger charge is 2.56. The number of anilines is 2. The third-order valence-electron chi connectivity index (χ3n) is 8.16. The van der Waals surface area contributed by atoms with Crippen molar-refractivity contribution in [2.24, 2.45) is 17.8 Å². The monoisotopic (exact) mass is 504 g/mol. The van der Waals surface area contributed by atoms with Crippen molar-refractivity contribution in [1.82, 2.24) is 20.2 Å². The number of carbonyl (C=O) groups is 3. The first kappa shape index (κ1) is 25.2. The molecule has 2 aromatic rings. The number of nitrogens with two attached hydrogens (primary N) is 1. The van der Waals surface area contributed by atoms with Crippen molar-refractivity contribution < 1.29 is 14.4 Å². The fourth-order valence-corrected chi connectivity index (χ4v) is 5.98. The first-order valence-corrected chi connectivity index (χ1v) is 13.4. The molecule has 9 nitrogen and oxygen atoms in total. The van der Waals surface area contributed by atoms with Crippen molar-refractivity contribution in [2.45, 2.75) is 70.4 Å². The van der Waals surface area contributed by atoms with E-state index in [9.17, 15) is 14.4 Å². The molecule has 3 heterocycles. The Morgan fingerprint density at radius 1 is 1.08 bits per heavy atom. The van der Waals surface area contributed by atoms with Crippen LogP contribution in [0.25, 0.3) is 0 Å². The van der Waals surface area contributed by atoms with E-state index in [1.165, 1.54) is 24.2 Å². The molecule has 0 unspecified atom stereocenters. The summed E-state index contributed by atoms with van der Waals surface area (Å²) in [6, 6.07) is 5.78. The molecule has 4 amide bonds. The molecule has 0 spiro atoms. The molecule has 1 saturated heterocycles. The number of urea groups is 1. The Balaban J connectivity index is 1.38. The molecule has 2 aliphatic carbocycles. The van der Waals surface area contributed by atoms with E-state index in [2.05, 4.69) is 15.3 Å². The summed E-state index contributed by atoms with van der Waals surface area (Å²) >= 11 is 0. The number of likely N-dealkylation sites (N-methyl/N-ethyl adjacent to an activating group) is 1. The number of hydrogen-bond acceptors (Lipinski definition) is 6. The van der Waals surface area contributed by atoms with Gasteiger partial charge in [-0.05, 0) is 80.7 Å². The zero-order valence-electron chi connectivity index (χ0n) is 21.6. The van der Waals surface area contributed by atoms with Gasteiger partial charge in [-0.15, -0.1) is 0 Å². The van der Waals surface area contributed by atoms with E-state index in [0.717, 1.165) is 41.8 Å². The Kier molecular flexibility index (Phi) is 7.13. The minimum atomic E-state index is -0.897. The SMILES string of the molecule is Cc1cc(N(C)C(=O)[C@@H]2[C@@H](Cc3ccnc(N)c3)C(=O)N2C(=O)N[C@@H](C2CCCCC2)C2CC2)ccn1. The van der Waals surface area contributed by atoms with E-state index in [4.69, 9.17) is 5.73 Å². The third-order valence-corrected chi connectivity index (χ3v) is 8.16. The fraction of sp³-hybridized carbons (Fsp3) is 0.536. The Hall–Kier alpha value is -3.49. The zero-order chi connectivity index (χ0) is 26.1. The van der Waals surface area contributed by atoms with Crippen molar-refractivity contribution in [2.75, 3.05) is 17.7 Å². The molecule has 0 aromatic carbocycles. The van der Waals surface area contributed by atoms with Crippen LogP contribution in [0.15, 0.2) is 36.7 Å². The molecule has 5 rings (SSSR count). The van der Waals surface area contributed by atoms with Gasteiger partial charge in [0.25, 0.3) is 5.91 Å². The molecule has 2 saturated carbocycles. The summed E-state index contributed by atoms with van der Waals surface area (Å²) in [4.78, 5) is 51.7. The van der Waals surface area contributed by atoms with Crippen molar-refractivity contribution in [3.63, 3.8) is 0 Å². The summed E-state index contributed by atoms with van der Waals surface area (Å²) in [5.74, 6) is -0.0217. The number of imide groups is 1. The smallest absolute Gasteiger partial charge is 0.325 e. The fourth-order valence-electron chi connectivity index (χ4n) is 5.98. The molecule has 0 radical (unpaired) electrons. The van der Waals surface area contributed by atoms with E-state index in [1.54, 1.807) is 37.6 Å². The first-order valence-electron chi connectivity index (χ1n) is 13.4. The van der Waals surface area contributed by atoms with E-state index in [0.29, 0.717) is 29.8 Å². The number of aromatic nitrogens is 2. The Labute approximate surface area is 217 Å². The van der Waals surface area contributed by atoms with Crippen molar-refractivity contribution in [1.29, 1.82) is 0 Å². The lowest BCUT2D eigenvalue weighted by Crippen LogP contribution is -2.71. The van der Waals surface area contributed by atoms with Gasteiger partial charge in [-0.3, -0.25) is 19.5 Å². The molecular formula is C28H36N6O3. The molecule has 1 aliphatic heterocycles. The molecule has 37 heavy (non-hydrogen) atoms. The quantitative estimate of drug-likeness (QED) is 0.557. The van der Waals surface area contributed by atoms with Crippen LogP contribution in [0.2, 0.25) is 0 Å². The number of rotatable bonds is 7. The van der Waals surface area contributed by atoms with Crippen LogP contribution in [-0.2, 0) is 16.0 Å². The van der Waals surface area contributed by atoms with Crippen LogP contribution < -0.4 is 16.0 Å². The molecule has 3 atom stereocenters. The number of carbonyl (C=O) groups excluding carboxylic acids is 3. The number of aryl methyl sites for hydroxylation is 1. The van der Waals surface area contributed by atoms with Crippen molar-refractivity contribution in [3.8, 4) is 0 Å². The molecule has 3 aliphatic rings. The van der Waals surface area contributed by atoms with Gasteiger partial charge >= 0.3 is 6.03 Å². The molecule has 2 aromatic heterocycles. The van der Waals surface area contributed by atoms with Gasteiger partial charge < -0.3 is 16.0 Å². The second kappa shape index (κ2) is 10.5. The van der Waals surface area contributed by atoms with Crippen LogP contribution in [0.5, 0.6) is 0 Å². The van der Waals surface area contributed by atoms with Gasteiger partial charge in [0.15, 0.2) is 0 Å². The number of likely N-dealkylation sites (tertiary alicyclic amines) is 1. The maximum atomic E-state index is 13.8. The van der Waals surface area contributed by atoms with Crippen LogP contribution in [0, 0.1) is 24.7 Å². The summed E-state index contributed by atoms with van der Waals surface area (Å²) in [5, 5.41) is 3.20. The van der Waals surface area contributed by atoms with Crippen molar-refractivity contribution in [3.05, 3.63) is 47.9 Å². The molecule has 9 heteroatoms. The highest BCUT2D eigenvalue weighted by atomic mass is 16.2. The average Bonchev–Trinajstić information content (AvgIpc) is 3.74. The molecule has 3 N–H and O–H groups in total. The molecule has 3 fully saturated rings. The Morgan fingerprint density at radius 2 is 1.78 bits per heavy atom. The van der Waals surface area contributed by atoms with Gasteiger partial charge in [0.2, 0.25) is 5.91 Å². The molecular weight excluding hydrogens is 468 g/mol. The second-order valence-corrected chi connectivity index (χ2v) is 10.8. The number of pyridine rings is 2. The lowest BCUT2D eigenvalue weighted by molar-refractivity contribution is -0.156. The highest BCUT2D eigenvalue weighted by Crippen LogP contribution is 2.41. The van der Waals surface area contributed by atoms with Crippen LogP contribution in [0.4, 0.5) is 16.3 Å². The summed E-state index contributed by atoms with van der Waals surface area (Å²) in [6.07, 6.45) is 11.6. The number of β-lactam (4-membered cyclic amide) rings is 1. The van der Waals surface area contributed by atoms with Crippen LogP contribution in [0.1, 0.15) is 56.2 Å². The van der Waals surface area contributed by atoms with Gasteiger partial charge in [0.05, 0.1) is 5.92 Å². The highest BCUT2D eigenvalue weighted by molar-refractivity contribution is 6.12. The summed E-state index contributed by atoms with van der Waals surface area (Å²) in [5.41, 5.74) is 8.10.